The van der Waals surface area contributed by atoms with Crippen molar-refractivity contribution in [2.45, 2.75) is 19.9 Å². The number of nitro groups is 1. The normalized spacial score (nSPS) is 11.2. The average molecular weight is 325 g/mol. The van der Waals surface area contributed by atoms with E-state index in [9.17, 15) is 14.9 Å². The Morgan fingerprint density at radius 1 is 1.38 bits per heavy atom. The van der Waals surface area contributed by atoms with E-state index in [2.05, 4.69) is 5.32 Å². The molecular weight excluding hydrogens is 310 g/mol. The minimum absolute atomic E-state index is 0.0463. The number of nitrogens with zero attached hydrogens (tertiary/aromatic N) is 2. The number of furan rings is 1. The number of non-ortho nitro benzene ring substituents is 1. The molecule has 0 fully saturated rings. The number of rotatable bonds is 5. The van der Waals surface area contributed by atoms with Crippen LogP contribution in [-0.2, 0) is 4.79 Å². The van der Waals surface area contributed by atoms with Crippen LogP contribution in [0.25, 0.3) is 17.4 Å². The van der Waals surface area contributed by atoms with Crippen LogP contribution in [0.15, 0.2) is 46.4 Å². The molecule has 0 bridgehead atoms. The van der Waals surface area contributed by atoms with Gasteiger partial charge in [0, 0.05) is 29.8 Å². The number of hydrogen-bond acceptors (Lipinski definition) is 5. The molecule has 2 rings (SSSR count). The van der Waals surface area contributed by atoms with Crippen LogP contribution in [0.5, 0.6) is 0 Å². The van der Waals surface area contributed by atoms with Crippen molar-refractivity contribution >= 4 is 17.7 Å². The van der Waals surface area contributed by atoms with Crippen molar-refractivity contribution in [3.05, 3.63) is 57.8 Å². The monoisotopic (exact) mass is 325 g/mol. The van der Waals surface area contributed by atoms with Gasteiger partial charge in [0.2, 0.25) is 0 Å². The van der Waals surface area contributed by atoms with Crippen molar-refractivity contribution in [3.8, 4) is 17.4 Å². The smallest absolute Gasteiger partial charge is 0.270 e. The fraction of sp³-hybridized carbons (Fsp3) is 0.176. The second kappa shape index (κ2) is 7.24. The maximum Gasteiger partial charge on any atom is 0.270 e. The largest absolute Gasteiger partial charge is 0.457 e. The maximum absolute atomic E-state index is 11.9. The van der Waals surface area contributed by atoms with Gasteiger partial charge in [-0.25, -0.2) is 0 Å². The molecule has 122 valence electrons. The van der Waals surface area contributed by atoms with Crippen LogP contribution in [0.3, 0.4) is 0 Å². The SMILES string of the molecule is CC(C)NC(=O)/C(C#N)=C/c1ccc(-c2cccc([N+](=O)[O-])c2)o1. The summed E-state index contributed by atoms with van der Waals surface area (Å²) >= 11 is 0. The molecular formula is C17H15N3O4. The van der Waals surface area contributed by atoms with Gasteiger partial charge >= 0.3 is 0 Å². The Labute approximate surface area is 138 Å². The van der Waals surface area contributed by atoms with Gasteiger partial charge in [0.15, 0.2) is 0 Å². The van der Waals surface area contributed by atoms with Crippen LogP contribution >= 0.6 is 0 Å². The molecule has 0 aliphatic heterocycles. The van der Waals surface area contributed by atoms with Crippen LogP contribution in [0.1, 0.15) is 19.6 Å². The highest BCUT2D eigenvalue weighted by Crippen LogP contribution is 2.26. The number of benzene rings is 1. The Bertz CT molecular complexity index is 844. The summed E-state index contributed by atoms with van der Waals surface area (Å²) in [6, 6.07) is 11.0. The Kier molecular flexibility index (Phi) is 5.12. The van der Waals surface area contributed by atoms with Crippen molar-refractivity contribution < 1.29 is 14.1 Å². The molecule has 0 aliphatic rings. The first-order valence-corrected chi connectivity index (χ1v) is 7.18. The van der Waals surface area contributed by atoms with E-state index in [-0.39, 0.29) is 17.3 Å². The van der Waals surface area contributed by atoms with Crippen LogP contribution in [0.2, 0.25) is 0 Å². The van der Waals surface area contributed by atoms with Crippen LogP contribution in [-0.4, -0.2) is 16.9 Å². The summed E-state index contributed by atoms with van der Waals surface area (Å²) in [5, 5.41) is 22.5. The van der Waals surface area contributed by atoms with E-state index in [0.717, 1.165) is 0 Å². The molecule has 0 saturated heterocycles. The number of amides is 1. The minimum atomic E-state index is -0.489. The Hall–Kier alpha value is -3.40. The van der Waals surface area contributed by atoms with Gasteiger partial charge in [-0.05, 0) is 26.0 Å². The van der Waals surface area contributed by atoms with Crippen molar-refractivity contribution in [1.82, 2.24) is 5.32 Å². The number of nitrogens with one attached hydrogen (secondary N) is 1. The fourth-order valence-electron chi connectivity index (χ4n) is 1.99. The molecule has 1 heterocycles. The molecule has 0 saturated carbocycles. The van der Waals surface area contributed by atoms with Crippen molar-refractivity contribution in [1.29, 1.82) is 5.26 Å². The molecule has 0 spiro atoms. The number of carbonyl (C=O) groups is 1. The quantitative estimate of drug-likeness (QED) is 0.392. The third kappa shape index (κ3) is 4.08. The highest BCUT2D eigenvalue weighted by atomic mass is 16.6. The lowest BCUT2D eigenvalue weighted by molar-refractivity contribution is -0.384. The first kappa shape index (κ1) is 17.0. The summed E-state index contributed by atoms with van der Waals surface area (Å²) in [4.78, 5) is 22.2. The first-order valence-electron chi connectivity index (χ1n) is 7.18. The molecule has 7 nitrogen and oxygen atoms in total. The van der Waals surface area contributed by atoms with E-state index in [1.54, 1.807) is 38.1 Å². The second-order valence-corrected chi connectivity index (χ2v) is 5.31. The Morgan fingerprint density at radius 2 is 2.12 bits per heavy atom. The van der Waals surface area contributed by atoms with E-state index in [1.807, 2.05) is 6.07 Å². The molecule has 1 aromatic carbocycles. The van der Waals surface area contributed by atoms with Crippen molar-refractivity contribution in [3.63, 3.8) is 0 Å². The number of hydrogen-bond donors (Lipinski definition) is 1. The molecule has 0 radical (unpaired) electrons. The van der Waals surface area contributed by atoms with Gasteiger partial charge in [0.05, 0.1) is 4.92 Å². The van der Waals surface area contributed by atoms with Gasteiger partial charge in [0.25, 0.3) is 11.6 Å². The highest BCUT2D eigenvalue weighted by molar-refractivity contribution is 6.01. The van der Waals surface area contributed by atoms with Crippen LogP contribution in [0.4, 0.5) is 5.69 Å². The van der Waals surface area contributed by atoms with Crippen LogP contribution < -0.4 is 5.32 Å². The molecule has 2 aromatic rings. The molecule has 0 aliphatic carbocycles. The summed E-state index contributed by atoms with van der Waals surface area (Å²) in [5.41, 5.74) is 0.410. The van der Waals surface area contributed by atoms with Gasteiger partial charge in [0.1, 0.15) is 23.2 Å². The van der Waals surface area contributed by atoms with Crippen LogP contribution in [0, 0.1) is 21.4 Å². The average Bonchev–Trinajstić information content (AvgIpc) is 3.00. The number of carbonyl (C=O) groups excluding carboxylic acids is 1. The standard InChI is InChI=1S/C17H15N3O4/c1-11(2)19-17(21)13(10-18)9-15-6-7-16(24-15)12-4-3-5-14(8-12)20(22)23/h3-9,11H,1-2H3,(H,19,21)/b13-9+. The first-order chi connectivity index (χ1) is 11.4. The molecule has 1 amide bonds. The molecule has 7 heteroatoms. The van der Waals surface area contributed by atoms with Gasteiger partial charge in [-0.2, -0.15) is 5.26 Å². The molecule has 1 aromatic heterocycles. The summed E-state index contributed by atoms with van der Waals surface area (Å²) in [6.45, 7) is 3.58. The second-order valence-electron chi connectivity index (χ2n) is 5.31. The lowest BCUT2D eigenvalue weighted by atomic mass is 10.1. The highest BCUT2D eigenvalue weighted by Gasteiger charge is 2.13. The summed E-state index contributed by atoms with van der Waals surface area (Å²) in [5.74, 6) is 0.235. The van der Waals surface area contributed by atoms with Crippen molar-refractivity contribution in [2.75, 3.05) is 0 Å². The number of nitriles is 1. The van der Waals surface area contributed by atoms with E-state index >= 15 is 0 Å². The Balaban J connectivity index is 2.29. The fourth-order valence-corrected chi connectivity index (χ4v) is 1.99. The molecule has 1 N–H and O–H groups in total. The van der Waals surface area contributed by atoms with E-state index in [4.69, 9.17) is 9.68 Å². The molecule has 0 unspecified atom stereocenters. The zero-order chi connectivity index (χ0) is 17.7. The van der Waals surface area contributed by atoms with Gasteiger partial charge in [-0.3, -0.25) is 14.9 Å². The predicted molar refractivity (Wildman–Crippen MR) is 87.7 cm³/mol. The summed E-state index contributed by atoms with van der Waals surface area (Å²) in [7, 11) is 0. The van der Waals surface area contributed by atoms with Gasteiger partial charge in [-0.1, -0.05) is 12.1 Å². The number of nitro benzene ring substituents is 1. The summed E-state index contributed by atoms with van der Waals surface area (Å²) < 4.78 is 5.56. The zero-order valence-electron chi connectivity index (χ0n) is 13.1. The lowest BCUT2D eigenvalue weighted by Gasteiger charge is -2.06. The zero-order valence-corrected chi connectivity index (χ0v) is 13.1. The summed E-state index contributed by atoms with van der Waals surface area (Å²) in [6.07, 6.45) is 1.33. The predicted octanol–water partition coefficient (Wildman–Crippen LogP) is 3.29. The third-order valence-corrected chi connectivity index (χ3v) is 3.04. The lowest BCUT2D eigenvalue weighted by Crippen LogP contribution is -2.30. The molecule has 0 atom stereocenters. The van der Waals surface area contributed by atoms with E-state index < -0.39 is 10.8 Å². The van der Waals surface area contributed by atoms with E-state index in [0.29, 0.717) is 17.1 Å². The van der Waals surface area contributed by atoms with Gasteiger partial charge < -0.3 is 9.73 Å². The molecule has 24 heavy (non-hydrogen) atoms. The van der Waals surface area contributed by atoms with Crippen molar-refractivity contribution in [2.24, 2.45) is 0 Å². The third-order valence-electron chi connectivity index (χ3n) is 3.04. The van der Waals surface area contributed by atoms with Gasteiger partial charge in [-0.15, -0.1) is 0 Å². The maximum atomic E-state index is 11.9. The Morgan fingerprint density at radius 3 is 2.75 bits per heavy atom. The topological polar surface area (TPSA) is 109 Å². The minimum Gasteiger partial charge on any atom is -0.457 e. The van der Waals surface area contributed by atoms with E-state index in [1.165, 1.54) is 18.2 Å².